The minimum absolute atomic E-state index is 0.599. The zero-order valence-electron chi connectivity index (χ0n) is 7.25. The molecule has 0 aromatic carbocycles. The molecule has 0 amide bonds. The van der Waals surface area contributed by atoms with Gasteiger partial charge in [0.2, 0.25) is 0 Å². The Labute approximate surface area is 68.7 Å². The first kappa shape index (κ1) is 10.2. The zero-order chi connectivity index (χ0) is 8.74. The fourth-order valence-corrected chi connectivity index (χ4v) is 0.578. The Bertz CT molecular complexity index is 158. The van der Waals surface area contributed by atoms with Gasteiger partial charge in [0.05, 0.1) is 5.60 Å². The molecule has 0 heterocycles. The van der Waals surface area contributed by atoms with Crippen molar-refractivity contribution in [1.82, 2.24) is 0 Å². The van der Waals surface area contributed by atoms with E-state index in [0.717, 1.165) is 0 Å². The van der Waals surface area contributed by atoms with E-state index in [4.69, 9.17) is 0 Å². The summed E-state index contributed by atoms with van der Waals surface area (Å²) in [7, 11) is 0. The maximum atomic E-state index is 9.28. The highest BCUT2D eigenvalue weighted by Gasteiger charge is 2.07. The third kappa shape index (κ3) is 9.18. The van der Waals surface area contributed by atoms with Crippen LogP contribution < -0.4 is 0 Å². The van der Waals surface area contributed by atoms with E-state index in [1.165, 1.54) is 0 Å². The molecule has 0 aromatic heterocycles. The molecule has 0 unspecified atom stereocenters. The number of aliphatic hydroxyl groups is 1. The van der Waals surface area contributed by atoms with Gasteiger partial charge in [-0.05, 0) is 20.3 Å². The van der Waals surface area contributed by atoms with Gasteiger partial charge in [-0.15, -0.1) is 0 Å². The summed E-state index contributed by atoms with van der Waals surface area (Å²) >= 11 is 0. The van der Waals surface area contributed by atoms with Crippen LogP contribution in [0.4, 0.5) is 0 Å². The summed E-state index contributed by atoms with van der Waals surface area (Å²) in [6.07, 6.45) is 9.96. The number of rotatable bonds is 4. The van der Waals surface area contributed by atoms with E-state index >= 15 is 0 Å². The van der Waals surface area contributed by atoms with E-state index in [2.05, 4.69) is 6.58 Å². The van der Waals surface area contributed by atoms with Crippen molar-refractivity contribution in [3.05, 3.63) is 37.0 Å². The summed E-state index contributed by atoms with van der Waals surface area (Å²) in [6.45, 7) is 7.11. The van der Waals surface area contributed by atoms with Gasteiger partial charge < -0.3 is 5.11 Å². The predicted octanol–water partition coefficient (Wildman–Crippen LogP) is 2.45. The highest BCUT2D eigenvalue weighted by Crippen LogP contribution is 2.07. The molecule has 1 heteroatoms. The van der Waals surface area contributed by atoms with E-state index in [0.29, 0.717) is 6.42 Å². The summed E-state index contributed by atoms with van der Waals surface area (Å²) in [4.78, 5) is 0. The lowest BCUT2D eigenvalue weighted by Crippen LogP contribution is -2.16. The molecule has 0 aliphatic heterocycles. The van der Waals surface area contributed by atoms with Crippen molar-refractivity contribution in [2.45, 2.75) is 25.9 Å². The van der Waals surface area contributed by atoms with Gasteiger partial charge in [0.1, 0.15) is 0 Å². The maximum Gasteiger partial charge on any atom is 0.0626 e. The lowest BCUT2D eigenvalue weighted by Gasteiger charge is -2.12. The molecule has 0 saturated carbocycles. The molecule has 0 atom stereocenters. The minimum Gasteiger partial charge on any atom is -0.390 e. The molecule has 0 aromatic rings. The van der Waals surface area contributed by atoms with Gasteiger partial charge in [0.15, 0.2) is 0 Å². The molecule has 0 rings (SSSR count). The summed E-state index contributed by atoms with van der Waals surface area (Å²) in [6, 6.07) is 0. The topological polar surface area (TPSA) is 20.2 Å². The van der Waals surface area contributed by atoms with Crippen LogP contribution in [0.3, 0.4) is 0 Å². The van der Waals surface area contributed by atoms with Gasteiger partial charge >= 0.3 is 0 Å². The molecule has 0 aliphatic rings. The molecule has 0 spiro atoms. The summed E-state index contributed by atoms with van der Waals surface area (Å²) in [5.41, 5.74) is -0.599. The standard InChI is InChI=1S/C10H16O/c1-4-5-6-7-8-9-10(2,3)11/h4-8,11H,1,9H2,2-3H3/b6-5-,8-7+. The van der Waals surface area contributed by atoms with Crippen molar-refractivity contribution in [2.24, 2.45) is 0 Å². The Morgan fingerprint density at radius 3 is 2.36 bits per heavy atom. The molecule has 0 aliphatic carbocycles. The normalized spacial score (nSPS) is 13.0. The third-order valence-corrected chi connectivity index (χ3v) is 1.11. The smallest absolute Gasteiger partial charge is 0.0626 e. The molecule has 11 heavy (non-hydrogen) atoms. The van der Waals surface area contributed by atoms with E-state index in [1.54, 1.807) is 19.9 Å². The van der Waals surface area contributed by atoms with Crippen molar-refractivity contribution in [3.63, 3.8) is 0 Å². The average molecular weight is 152 g/mol. The Balaban J connectivity index is 3.61. The second-order valence-corrected chi connectivity index (χ2v) is 3.07. The zero-order valence-corrected chi connectivity index (χ0v) is 7.25. The molecular formula is C10H16O. The second-order valence-electron chi connectivity index (χ2n) is 3.07. The van der Waals surface area contributed by atoms with Crippen LogP contribution in [0.2, 0.25) is 0 Å². The van der Waals surface area contributed by atoms with Crippen LogP contribution in [0.15, 0.2) is 37.0 Å². The first-order chi connectivity index (χ1) is 5.06. The fourth-order valence-electron chi connectivity index (χ4n) is 0.578. The molecule has 0 bridgehead atoms. The van der Waals surface area contributed by atoms with Crippen LogP contribution in [0.5, 0.6) is 0 Å². The summed E-state index contributed by atoms with van der Waals surface area (Å²) < 4.78 is 0. The van der Waals surface area contributed by atoms with Crippen molar-refractivity contribution in [3.8, 4) is 0 Å². The molecular weight excluding hydrogens is 136 g/mol. The molecule has 0 saturated heterocycles. The Morgan fingerprint density at radius 2 is 1.91 bits per heavy atom. The van der Waals surface area contributed by atoms with Crippen LogP contribution in [-0.4, -0.2) is 10.7 Å². The predicted molar refractivity (Wildman–Crippen MR) is 49.4 cm³/mol. The van der Waals surface area contributed by atoms with Crippen LogP contribution in [0, 0.1) is 0 Å². The van der Waals surface area contributed by atoms with Crippen molar-refractivity contribution in [2.75, 3.05) is 0 Å². The quantitative estimate of drug-likeness (QED) is 0.613. The second kappa shape index (κ2) is 4.91. The van der Waals surface area contributed by atoms with Gasteiger partial charge in [-0.3, -0.25) is 0 Å². The molecule has 0 radical (unpaired) electrons. The monoisotopic (exact) mass is 152 g/mol. The number of hydrogen-bond donors (Lipinski definition) is 1. The minimum atomic E-state index is -0.599. The first-order valence-electron chi connectivity index (χ1n) is 3.73. The van der Waals surface area contributed by atoms with E-state index in [-0.39, 0.29) is 0 Å². The average Bonchev–Trinajstić information content (AvgIpc) is 1.85. The largest absolute Gasteiger partial charge is 0.390 e. The molecule has 0 fully saturated rings. The van der Waals surface area contributed by atoms with Gasteiger partial charge in [0, 0.05) is 0 Å². The number of allylic oxidation sites excluding steroid dienone is 4. The molecule has 62 valence electrons. The van der Waals surface area contributed by atoms with Crippen molar-refractivity contribution in [1.29, 1.82) is 0 Å². The first-order valence-corrected chi connectivity index (χ1v) is 3.73. The Hall–Kier alpha value is -0.820. The SMILES string of the molecule is C=C/C=C\C=C\CC(C)(C)O. The van der Waals surface area contributed by atoms with Gasteiger partial charge in [-0.25, -0.2) is 0 Å². The lowest BCUT2D eigenvalue weighted by atomic mass is 10.1. The van der Waals surface area contributed by atoms with Gasteiger partial charge in [-0.2, -0.15) is 0 Å². The van der Waals surface area contributed by atoms with Gasteiger partial charge in [0.25, 0.3) is 0 Å². The maximum absolute atomic E-state index is 9.28. The van der Waals surface area contributed by atoms with E-state index in [1.807, 2.05) is 24.3 Å². The van der Waals surface area contributed by atoms with Crippen LogP contribution in [0.1, 0.15) is 20.3 Å². The van der Waals surface area contributed by atoms with Crippen LogP contribution >= 0.6 is 0 Å². The van der Waals surface area contributed by atoms with E-state index < -0.39 is 5.60 Å². The number of hydrogen-bond acceptors (Lipinski definition) is 1. The lowest BCUT2D eigenvalue weighted by molar-refractivity contribution is 0.0839. The third-order valence-electron chi connectivity index (χ3n) is 1.11. The molecule has 1 nitrogen and oxygen atoms in total. The highest BCUT2D eigenvalue weighted by molar-refractivity contribution is 5.09. The van der Waals surface area contributed by atoms with E-state index in [9.17, 15) is 5.11 Å². The van der Waals surface area contributed by atoms with Crippen LogP contribution in [0.25, 0.3) is 0 Å². The summed E-state index contributed by atoms with van der Waals surface area (Å²) in [5.74, 6) is 0. The highest BCUT2D eigenvalue weighted by atomic mass is 16.3. The van der Waals surface area contributed by atoms with Crippen LogP contribution in [-0.2, 0) is 0 Å². The van der Waals surface area contributed by atoms with Crippen molar-refractivity contribution < 1.29 is 5.11 Å². The Morgan fingerprint density at radius 1 is 1.27 bits per heavy atom. The molecule has 1 N–H and O–H groups in total. The van der Waals surface area contributed by atoms with Gasteiger partial charge in [-0.1, -0.05) is 37.0 Å². The summed E-state index contributed by atoms with van der Waals surface area (Å²) in [5, 5.41) is 9.28. The Kier molecular flexibility index (Phi) is 4.55. The van der Waals surface area contributed by atoms with Crippen molar-refractivity contribution >= 4 is 0 Å². The fraction of sp³-hybridized carbons (Fsp3) is 0.400.